The SMILES string of the molecule is C#CC(CC)(CC)NC(=O)CN1CC(C)C(C(=O)O)C1. The predicted molar refractivity (Wildman–Crippen MR) is 77.0 cm³/mol. The second-order valence-electron chi connectivity index (χ2n) is 5.60. The molecule has 0 radical (unpaired) electrons. The van der Waals surface area contributed by atoms with Gasteiger partial charge < -0.3 is 10.4 Å². The number of carbonyl (C=O) groups excluding carboxylic acids is 1. The van der Waals surface area contributed by atoms with Crippen LogP contribution in [-0.4, -0.2) is 47.1 Å². The van der Waals surface area contributed by atoms with Crippen LogP contribution in [0.2, 0.25) is 0 Å². The largest absolute Gasteiger partial charge is 0.481 e. The molecule has 0 aromatic heterocycles. The molecule has 0 saturated carbocycles. The molecule has 2 atom stereocenters. The maximum absolute atomic E-state index is 12.1. The van der Waals surface area contributed by atoms with Crippen LogP contribution in [0.4, 0.5) is 0 Å². The average molecular weight is 280 g/mol. The summed E-state index contributed by atoms with van der Waals surface area (Å²) in [6.07, 6.45) is 6.87. The van der Waals surface area contributed by atoms with E-state index in [0.29, 0.717) is 25.9 Å². The summed E-state index contributed by atoms with van der Waals surface area (Å²) in [5, 5.41) is 12.0. The Morgan fingerprint density at radius 3 is 2.40 bits per heavy atom. The standard InChI is InChI=1S/C15H24N2O3/c1-5-15(6-2,7-3)16-13(18)10-17-8-11(4)12(9-17)14(19)20/h1,11-12H,6-10H2,2-4H3,(H,16,18)(H,19,20). The van der Waals surface area contributed by atoms with E-state index in [1.165, 1.54) is 0 Å². The molecular weight excluding hydrogens is 256 g/mol. The number of terminal acetylenes is 1. The Bertz CT molecular complexity index is 410. The number of nitrogens with one attached hydrogen (secondary N) is 1. The molecule has 1 aliphatic heterocycles. The quantitative estimate of drug-likeness (QED) is 0.711. The molecule has 112 valence electrons. The summed E-state index contributed by atoms with van der Waals surface area (Å²) in [7, 11) is 0. The maximum Gasteiger partial charge on any atom is 0.308 e. The highest BCUT2D eigenvalue weighted by molar-refractivity contribution is 5.79. The summed E-state index contributed by atoms with van der Waals surface area (Å²) in [5.74, 6) is 1.41. The van der Waals surface area contributed by atoms with E-state index in [1.807, 2.05) is 25.7 Å². The van der Waals surface area contributed by atoms with Gasteiger partial charge in [0.15, 0.2) is 0 Å². The van der Waals surface area contributed by atoms with E-state index in [1.54, 1.807) is 0 Å². The van der Waals surface area contributed by atoms with Crippen molar-refractivity contribution >= 4 is 11.9 Å². The van der Waals surface area contributed by atoms with Crippen molar-refractivity contribution < 1.29 is 14.7 Å². The minimum absolute atomic E-state index is 0.0649. The van der Waals surface area contributed by atoms with Crippen molar-refractivity contribution in [3.8, 4) is 12.3 Å². The van der Waals surface area contributed by atoms with Gasteiger partial charge in [-0.2, -0.15) is 0 Å². The van der Waals surface area contributed by atoms with Crippen LogP contribution in [0.25, 0.3) is 0 Å². The summed E-state index contributed by atoms with van der Waals surface area (Å²) in [4.78, 5) is 25.0. The van der Waals surface area contributed by atoms with Gasteiger partial charge in [0, 0.05) is 13.1 Å². The van der Waals surface area contributed by atoms with E-state index >= 15 is 0 Å². The first-order chi connectivity index (χ1) is 9.37. The predicted octanol–water partition coefficient (Wildman–Crippen LogP) is 0.947. The summed E-state index contributed by atoms with van der Waals surface area (Å²) in [5.41, 5.74) is -0.589. The zero-order valence-electron chi connectivity index (χ0n) is 12.5. The fourth-order valence-electron chi connectivity index (χ4n) is 2.69. The zero-order valence-corrected chi connectivity index (χ0v) is 12.5. The highest BCUT2D eigenvalue weighted by Gasteiger charge is 2.36. The molecule has 0 aliphatic carbocycles. The Labute approximate surface area is 120 Å². The van der Waals surface area contributed by atoms with Crippen molar-refractivity contribution in [3.05, 3.63) is 0 Å². The third-order valence-electron chi connectivity index (χ3n) is 4.23. The molecule has 1 aliphatic rings. The summed E-state index contributed by atoms with van der Waals surface area (Å²) in [6, 6.07) is 0. The van der Waals surface area contributed by atoms with Crippen LogP contribution in [0.3, 0.4) is 0 Å². The van der Waals surface area contributed by atoms with Gasteiger partial charge in [-0.3, -0.25) is 14.5 Å². The van der Waals surface area contributed by atoms with Crippen LogP contribution in [0.15, 0.2) is 0 Å². The third kappa shape index (κ3) is 3.73. The number of amides is 1. The molecule has 1 saturated heterocycles. The Morgan fingerprint density at radius 1 is 1.40 bits per heavy atom. The minimum atomic E-state index is -0.791. The van der Waals surface area contributed by atoms with Crippen molar-refractivity contribution in [2.45, 2.75) is 39.2 Å². The Balaban J connectivity index is 2.56. The van der Waals surface area contributed by atoms with Gasteiger partial charge in [-0.25, -0.2) is 0 Å². The fourth-order valence-corrected chi connectivity index (χ4v) is 2.69. The van der Waals surface area contributed by atoms with Crippen LogP contribution >= 0.6 is 0 Å². The number of likely N-dealkylation sites (tertiary alicyclic amines) is 1. The minimum Gasteiger partial charge on any atom is -0.481 e. The van der Waals surface area contributed by atoms with E-state index in [0.717, 1.165) is 0 Å². The van der Waals surface area contributed by atoms with Crippen molar-refractivity contribution in [1.82, 2.24) is 10.2 Å². The number of carboxylic acid groups (broad SMARTS) is 1. The summed E-state index contributed by atoms with van der Waals surface area (Å²) in [6.45, 7) is 7.05. The molecule has 5 nitrogen and oxygen atoms in total. The third-order valence-corrected chi connectivity index (χ3v) is 4.23. The highest BCUT2D eigenvalue weighted by atomic mass is 16.4. The molecule has 1 heterocycles. The van der Waals surface area contributed by atoms with Gasteiger partial charge >= 0.3 is 5.97 Å². The topological polar surface area (TPSA) is 69.6 Å². The van der Waals surface area contributed by atoms with E-state index in [-0.39, 0.29) is 18.4 Å². The number of carboxylic acids is 1. The first kappa shape index (κ1) is 16.5. The zero-order chi connectivity index (χ0) is 15.3. The van der Waals surface area contributed by atoms with Crippen LogP contribution in [0, 0.1) is 24.2 Å². The molecule has 0 spiro atoms. The van der Waals surface area contributed by atoms with Gasteiger partial charge in [0.25, 0.3) is 0 Å². The van der Waals surface area contributed by atoms with E-state index in [9.17, 15) is 9.59 Å². The second-order valence-corrected chi connectivity index (χ2v) is 5.60. The van der Waals surface area contributed by atoms with Gasteiger partial charge in [-0.15, -0.1) is 6.42 Å². The fraction of sp³-hybridized carbons (Fsp3) is 0.733. The lowest BCUT2D eigenvalue weighted by molar-refractivity contribution is -0.142. The van der Waals surface area contributed by atoms with Gasteiger partial charge in [-0.05, 0) is 18.8 Å². The van der Waals surface area contributed by atoms with Gasteiger partial charge in [-0.1, -0.05) is 26.7 Å². The molecule has 0 aromatic rings. The molecule has 0 bridgehead atoms. The number of nitrogens with zero attached hydrogens (tertiary/aromatic N) is 1. The monoisotopic (exact) mass is 280 g/mol. The molecular formula is C15H24N2O3. The van der Waals surface area contributed by atoms with Gasteiger partial charge in [0.05, 0.1) is 12.5 Å². The summed E-state index contributed by atoms with van der Waals surface area (Å²) >= 11 is 0. The van der Waals surface area contributed by atoms with Crippen molar-refractivity contribution in [1.29, 1.82) is 0 Å². The second kappa shape index (κ2) is 6.76. The van der Waals surface area contributed by atoms with Crippen LogP contribution < -0.4 is 5.32 Å². The lowest BCUT2D eigenvalue weighted by Crippen LogP contribution is -2.49. The van der Waals surface area contributed by atoms with E-state index in [2.05, 4.69) is 11.2 Å². The molecule has 1 amide bonds. The van der Waals surface area contributed by atoms with E-state index < -0.39 is 17.4 Å². The van der Waals surface area contributed by atoms with Crippen LogP contribution in [-0.2, 0) is 9.59 Å². The lowest BCUT2D eigenvalue weighted by Gasteiger charge is -2.28. The number of hydrogen-bond acceptors (Lipinski definition) is 3. The highest BCUT2D eigenvalue weighted by Crippen LogP contribution is 2.23. The Morgan fingerprint density at radius 2 is 2.00 bits per heavy atom. The number of aliphatic carboxylic acids is 1. The molecule has 5 heteroatoms. The molecule has 1 rings (SSSR count). The number of hydrogen-bond donors (Lipinski definition) is 2. The molecule has 2 N–H and O–H groups in total. The first-order valence-corrected chi connectivity index (χ1v) is 7.11. The number of carbonyl (C=O) groups is 2. The first-order valence-electron chi connectivity index (χ1n) is 7.11. The number of rotatable bonds is 6. The maximum atomic E-state index is 12.1. The Hall–Kier alpha value is -1.54. The molecule has 0 aromatic carbocycles. The molecule has 1 fully saturated rings. The lowest BCUT2D eigenvalue weighted by atomic mass is 9.94. The molecule has 2 unspecified atom stereocenters. The molecule has 20 heavy (non-hydrogen) atoms. The van der Waals surface area contributed by atoms with Crippen molar-refractivity contribution in [2.75, 3.05) is 19.6 Å². The average Bonchev–Trinajstić information content (AvgIpc) is 2.77. The van der Waals surface area contributed by atoms with Crippen molar-refractivity contribution in [2.24, 2.45) is 11.8 Å². The smallest absolute Gasteiger partial charge is 0.308 e. The van der Waals surface area contributed by atoms with Crippen LogP contribution in [0.5, 0.6) is 0 Å². The van der Waals surface area contributed by atoms with Gasteiger partial charge in [0.1, 0.15) is 5.54 Å². The Kier molecular flexibility index (Phi) is 5.58. The van der Waals surface area contributed by atoms with Crippen LogP contribution in [0.1, 0.15) is 33.6 Å². The normalized spacial score (nSPS) is 23.3. The van der Waals surface area contributed by atoms with Crippen molar-refractivity contribution in [3.63, 3.8) is 0 Å². The van der Waals surface area contributed by atoms with E-state index in [4.69, 9.17) is 11.5 Å². The van der Waals surface area contributed by atoms with Gasteiger partial charge in [0.2, 0.25) is 5.91 Å². The summed E-state index contributed by atoms with van der Waals surface area (Å²) < 4.78 is 0.